The number of halogens is 3. The van der Waals surface area contributed by atoms with Crippen LogP contribution in [-0.4, -0.2) is 0 Å². The average molecular weight is 331 g/mol. The van der Waals surface area contributed by atoms with Gasteiger partial charge in [0.05, 0.1) is 10.7 Å². The Hall–Kier alpha value is -0.700. The molecule has 0 bridgehead atoms. The molecule has 2 aromatic rings. The first-order chi connectivity index (χ1) is 8.15. The van der Waals surface area contributed by atoms with Crippen LogP contribution in [0.2, 0.25) is 10.0 Å². The number of hydrogen-bond acceptors (Lipinski definition) is 1. The first-order valence-electron chi connectivity index (χ1n) is 5.08. The molecule has 0 saturated carbocycles. The molecule has 0 radical (unpaired) electrons. The van der Waals surface area contributed by atoms with Crippen molar-refractivity contribution >= 4 is 44.8 Å². The highest BCUT2D eigenvalue weighted by atomic mass is 79.9. The molecule has 0 heterocycles. The standard InChI is InChI=1S/C13H10BrCl2N/c14-10-4-5-13(12(16)7-10)17-8-9-2-1-3-11(15)6-9/h1-7,17H,8H2. The molecule has 0 atom stereocenters. The van der Waals surface area contributed by atoms with E-state index in [-0.39, 0.29) is 0 Å². The van der Waals surface area contributed by atoms with E-state index >= 15 is 0 Å². The van der Waals surface area contributed by atoms with Gasteiger partial charge in [-0.2, -0.15) is 0 Å². The lowest BCUT2D eigenvalue weighted by molar-refractivity contribution is 1.15. The lowest BCUT2D eigenvalue weighted by Crippen LogP contribution is -1.99. The lowest BCUT2D eigenvalue weighted by Gasteiger charge is -2.09. The van der Waals surface area contributed by atoms with Crippen LogP contribution in [0.5, 0.6) is 0 Å². The van der Waals surface area contributed by atoms with Gasteiger partial charge in [0.2, 0.25) is 0 Å². The molecule has 4 heteroatoms. The van der Waals surface area contributed by atoms with E-state index in [9.17, 15) is 0 Å². The lowest BCUT2D eigenvalue weighted by atomic mass is 10.2. The summed E-state index contributed by atoms with van der Waals surface area (Å²) < 4.78 is 0.968. The molecule has 1 N–H and O–H groups in total. The molecule has 1 nitrogen and oxygen atoms in total. The van der Waals surface area contributed by atoms with Crippen LogP contribution in [0.1, 0.15) is 5.56 Å². The van der Waals surface area contributed by atoms with Gasteiger partial charge in [-0.25, -0.2) is 0 Å². The van der Waals surface area contributed by atoms with Crippen LogP contribution in [-0.2, 0) is 6.54 Å². The third-order valence-corrected chi connectivity index (χ3v) is 3.34. The highest BCUT2D eigenvalue weighted by Gasteiger charge is 2.01. The molecule has 0 amide bonds. The second-order valence-electron chi connectivity index (χ2n) is 3.61. The zero-order valence-electron chi connectivity index (χ0n) is 8.88. The molecule has 0 aromatic heterocycles. The highest BCUT2D eigenvalue weighted by molar-refractivity contribution is 9.10. The van der Waals surface area contributed by atoms with E-state index in [0.29, 0.717) is 11.6 Å². The molecule has 0 saturated heterocycles. The second-order valence-corrected chi connectivity index (χ2v) is 5.37. The van der Waals surface area contributed by atoms with Crippen molar-refractivity contribution in [1.29, 1.82) is 0 Å². The summed E-state index contributed by atoms with van der Waals surface area (Å²) in [7, 11) is 0. The van der Waals surface area contributed by atoms with Crippen molar-refractivity contribution in [2.75, 3.05) is 5.32 Å². The molecule has 17 heavy (non-hydrogen) atoms. The average Bonchev–Trinajstić information content (AvgIpc) is 2.28. The Morgan fingerprint density at radius 2 is 1.88 bits per heavy atom. The number of benzene rings is 2. The molecule has 2 rings (SSSR count). The van der Waals surface area contributed by atoms with Crippen molar-refractivity contribution in [2.45, 2.75) is 6.54 Å². The van der Waals surface area contributed by atoms with Crippen LogP contribution in [0, 0.1) is 0 Å². The van der Waals surface area contributed by atoms with Gasteiger partial charge >= 0.3 is 0 Å². The number of rotatable bonds is 3. The summed E-state index contributed by atoms with van der Waals surface area (Å²) in [6.45, 7) is 0.696. The fourth-order valence-corrected chi connectivity index (χ4v) is 2.43. The van der Waals surface area contributed by atoms with Crippen LogP contribution < -0.4 is 5.32 Å². The summed E-state index contributed by atoms with van der Waals surface area (Å²) in [5, 5.41) is 4.71. The predicted molar refractivity (Wildman–Crippen MR) is 77.9 cm³/mol. The third-order valence-electron chi connectivity index (χ3n) is 2.30. The molecular weight excluding hydrogens is 321 g/mol. The summed E-state index contributed by atoms with van der Waals surface area (Å²) in [6, 6.07) is 13.5. The Morgan fingerprint density at radius 1 is 1.06 bits per heavy atom. The summed E-state index contributed by atoms with van der Waals surface area (Å²) in [5.74, 6) is 0. The number of anilines is 1. The molecule has 0 spiro atoms. The van der Waals surface area contributed by atoms with Crippen molar-refractivity contribution in [3.63, 3.8) is 0 Å². The van der Waals surface area contributed by atoms with E-state index in [1.807, 2.05) is 42.5 Å². The smallest absolute Gasteiger partial charge is 0.0648 e. The summed E-state index contributed by atoms with van der Waals surface area (Å²) >= 11 is 15.4. The molecule has 2 aromatic carbocycles. The Morgan fingerprint density at radius 3 is 2.59 bits per heavy atom. The van der Waals surface area contributed by atoms with Crippen LogP contribution in [0.25, 0.3) is 0 Å². The first kappa shape index (κ1) is 12.7. The van der Waals surface area contributed by atoms with Crippen molar-refractivity contribution < 1.29 is 0 Å². The molecule has 0 fully saturated rings. The van der Waals surface area contributed by atoms with E-state index in [1.54, 1.807) is 0 Å². The summed E-state index contributed by atoms with van der Waals surface area (Å²) in [6.07, 6.45) is 0. The third kappa shape index (κ3) is 3.63. The first-order valence-corrected chi connectivity index (χ1v) is 6.63. The molecule has 0 aliphatic rings. The van der Waals surface area contributed by atoms with Gasteiger partial charge in [-0.1, -0.05) is 51.3 Å². The van der Waals surface area contributed by atoms with Gasteiger partial charge in [-0.05, 0) is 35.9 Å². The van der Waals surface area contributed by atoms with Crippen molar-refractivity contribution in [1.82, 2.24) is 0 Å². The summed E-state index contributed by atoms with van der Waals surface area (Å²) in [4.78, 5) is 0. The molecular formula is C13H10BrCl2N. The zero-order chi connectivity index (χ0) is 12.3. The Labute approximate surface area is 119 Å². The Kier molecular flexibility index (Phi) is 4.32. The zero-order valence-corrected chi connectivity index (χ0v) is 12.0. The Balaban J connectivity index is 2.07. The normalized spacial score (nSPS) is 10.3. The van der Waals surface area contributed by atoms with Gasteiger partial charge in [-0.3, -0.25) is 0 Å². The fraction of sp³-hybridized carbons (Fsp3) is 0.0769. The molecule has 0 aliphatic carbocycles. The van der Waals surface area contributed by atoms with Crippen molar-refractivity contribution in [3.05, 3.63) is 62.5 Å². The van der Waals surface area contributed by atoms with Crippen molar-refractivity contribution in [3.8, 4) is 0 Å². The summed E-state index contributed by atoms with van der Waals surface area (Å²) in [5.41, 5.74) is 2.03. The molecule has 0 unspecified atom stereocenters. The monoisotopic (exact) mass is 329 g/mol. The quantitative estimate of drug-likeness (QED) is 0.797. The van der Waals surface area contributed by atoms with Crippen molar-refractivity contribution in [2.24, 2.45) is 0 Å². The number of nitrogens with one attached hydrogen (secondary N) is 1. The topological polar surface area (TPSA) is 12.0 Å². The van der Waals surface area contributed by atoms with Gasteiger partial charge in [0.1, 0.15) is 0 Å². The van der Waals surface area contributed by atoms with Gasteiger partial charge in [0, 0.05) is 16.0 Å². The van der Waals surface area contributed by atoms with Gasteiger partial charge in [-0.15, -0.1) is 0 Å². The van der Waals surface area contributed by atoms with E-state index in [0.717, 1.165) is 20.7 Å². The van der Waals surface area contributed by atoms with E-state index in [4.69, 9.17) is 23.2 Å². The van der Waals surface area contributed by atoms with Gasteiger partial charge in [0.15, 0.2) is 0 Å². The van der Waals surface area contributed by atoms with Gasteiger partial charge in [0.25, 0.3) is 0 Å². The largest absolute Gasteiger partial charge is 0.380 e. The SMILES string of the molecule is Clc1cccc(CNc2ccc(Br)cc2Cl)c1. The van der Waals surface area contributed by atoms with Crippen LogP contribution in [0.3, 0.4) is 0 Å². The van der Waals surface area contributed by atoms with Gasteiger partial charge < -0.3 is 5.32 Å². The van der Waals surface area contributed by atoms with Crippen LogP contribution in [0.15, 0.2) is 46.9 Å². The number of hydrogen-bond donors (Lipinski definition) is 1. The minimum Gasteiger partial charge on any atom is -0.380 e. The van der Waals surface area contributed by atoms with E-state index in [2.05, 4.69) is 21.2 Å². The molecule has 88 valence electrons. The Bertz CT molecular complexity index is 529. The maximum Gasteiger partial charge on any atom is 0.0648 e. The highest BCUT2D eigenvalue weighted by Crippen LogP contribution is 2.26. The maximum absolute atomic E-state index is 6.11. The molecule has 0 aliphatic heterocycles. The van der Waals surface area contributed by atoms with E-state index in [1.165, 1.54) is 0 Å². The van der Waals surface area contributed by atoms with Crippen LogP contribution >= 0.6 is 39.1 Å². The minimum atomic E-state index is 0.696. The van der Waals surface area contributed by atoms with E-state index < -0.39 is 0 Å². The fourth-order valence-electron chi connectivity index (χ4n) is 1.48. The second kappa shape index (κ2) is 5.76. The maximum atomic E-state index is 6.11. The predicted octanol–water partition coefficient (Wildman–Crippen LogP) is 5.37. The van der Waals surface area contributed by atoms with Crippen LogP contribution in [0.4, 0.5) is 5.69 Å². The minimum absolute atomic E-state index is 0.696.